The number of rotatable bonds is 9. The molecule has 1 atom stereocenters. The summed E-state index contributed by atoms with van der Waals surface area (Å²) in [5, 5.41) is 3.44. The highest BCUT2D eigenvalue weighted by atomic mass is 32.2. The summed E-state index contributed by atoms with van der Waals surface area (Å²) < 4.78 is 5.22. The van der Waals surface area contributed by atoms with E-state index in [4.69, 9.17) is 4.74 Å². The van der Waals surface area contributed by atoms with Gasteiger partial charge in [0.05, 0.1) is 18.6 Å². The van der Waals surface area contributed by atoms with Crippen LogP contribution < -0.4 is 10.9 Å². The maximum Gasteiger partial charge on any atom is 0.308 e. The van der Waals surface area contributed by atoms with E-state index in [2.05, 4.69) is 15.3 Å². The van der Waals surface area contributed by atoms with Gasteiger partial charge in [-0.15, -0.1) is 0 Å². The van der Waals surface area contributed by atoms with Crippen LogP contribution in [0.3, 0.4) is 0 Å². The molecule has 7 nitrogen and oxygen atoms in total. The first kappa shape index (κ1) is 22.7. The number of amides is 1. The summed E-state index contributed by atoms with van der Waals surface area (Å²) in [5.74, 6) is -0.623. The number of H-pyrrole nitrogens is 1. The SMILES string of the molecule is CSc1nc(C)c(CCC(=O)NC(CC(=O)OC(C)C)c2ccccc2)c(=O)[nH]1. The van der Waals surface area contributed by atoms with Crippen molar-refractivity contribution >= 4 is 23.6 Å². The van der Waals surface area contributed by atoms with Crippen molar-refractivity contribution in [2.24, 2.45) is 0 Å². The van der Waals surface area contributed by atoms with Gasteiger partial charge in [-0.1, -0.05) is 42.1 Å². The molecule has 1 unspecified atom stereocenters. The highest BCUT2D eigenvalue weighted by Gasteiger charge is 2.20. The zero-order valence-electron chi connectivity index (χ0n) is 17.2. The van der Waals surface area contributed by atoms with Crippen LogP contribution in [-0.4, -0.2) is 34.2 Å². The topological polar surface area (TPSA) is 101 Å². The summed E-state index contributed by atoms with van der Waals surface area (Å²) in [6, 6.07) is 8.79. The zero-order chi connectivity index (χ0) is 21.4. The molecule has 0 saturated heterocycles. The minimum absolute atomic E-state index is 0.0392. The number of aryl methyl sites for hydroxylation is 1. The van der Waals surface area contributed by atoms with Gasteiger partial charge in [0.1, 0.15) is 0 Å². The van der Waals surface area contributed by atoms with E-state index < -0.39 is 6.04 Å². The first-order chi connectivity index (χ1) is 13.8. The van der Waals surface area contributed by atoms with Crippen molar-refractivity contribution < 1.29 is 14.3 Å². The first-order valence-corrected chi connectivity index (χ1v) is 10.7. The van der Waals surface area contributed by atoms with Crippen LogP contribution in [0.25, 0.3) is 0 Å². The molecule has 8 heteroatoms. The molecule has 0 spiro atoms. The summed E-state index contributed by atoms with van der Waals surface area (Å²) in [5.41, 5.74) is 1.70. The van der Waals surface area contributed by atoms with E-state index in [0.717, 1.165) is 5.56 Å². The fraction of sp³-hybridized carbons (Fsp3) is 0.429. The van der Waals surface area contributed by atoms with E-state index >= 15 is 0 Å². The number of benzene rings is 1. The Bertz CT molecular complexity index is 897. The number of esters is 1. The summed E-state index contributed by atoms with van der Waals surface area (Å²) >= 11 is 1.36. The molecule has 1 amide bonds. The fourth-order valence-corrected chi connectivity index (χ4v) is 3.32. The van der Waals surface area contributed by atoms with Crippen molar-refractivity contribution in [3.63, 3.8) is 0 Å². The fourth-order valence-electron chi connectivity index (χ4n) is 2.90. The summed E-state index contributed by atoms with van der Waals surface area (Å²) in [4.78, 5) is 43.9. The lowest BCUT2D eigenvalue weighted by molar-refractivity contribution is -0.148. The zero-order valence-corrected chi connectivity index (χ0v) is 18.0. The average Bonchev–Trinajstić information content (AvgIpc) is 2.66. The van der Waals surface area contributed by atoms with E-state index in [1.54, 1.807) is 20.8 Å². The quantitative estimate of drug-likeness (QED) is 0.370. The van der Waals surface area contributed by atoms with E-state index in [0.29, 0.717) is 16.4 Å². The van der Waals surface area contributed by atoms with Crippen LogP contribution in [-0.2, 0) is 20.7 Å². The molecule has 1 aromatic heterocycles. The van der Waals surface area contributed by atoms with Gasteiger partial charge >= 0.3 is 5.97 Å². The van der Waals surface area contributed by atoms with Crippen molar-refractivity contribution in [2.75, 3.05) is 6.26 Å². The molecule has 156 valence electrons. The van der Waals surface area contributed by atoms with Crippen molar-refractivity contribution in [3.05, 3.63) is 57.5 Å². The largest absolute Gasteiger partial charge is 0.463 e. The van der Waals surface area contributed by atoms with Gasteiger partial charge in [-0.2, -0.15) is 0 Å². The Hall–Kier alpha value is -2.61. The molecule has 1 aromatic carbocycles. The van der Waals surface area contributed by atoms with Crippen LogP contribution in [0.2, 0.25) is 0 Å². The lowest BCUT2D eigenvalue weighted by Crippen LogP contribution is -2.31. The van der Waals surface area contributed by atoms with Gasteiger partial charge in [0.15, 0.2) is 5.16 Å². The van der Waals surface area contributed by atoms with E-state index in [1.807, 2.05) is 36.6 Å². The molecule has 0 radical (unpaired) electrons. The number of aromatic nitrogens is 2. The Morgan fingerprint density at radius 1 is 1.24 bits per heavy atom. The van der Waals surface area contributed by atoms with E-state index in [-0.39, 0.29) is 42.8 Å². The number of hydrogen-bond donors (Lipinski definition) is 2. The molecule has 1 heterocycles. The third-order valence-electron chi connectivity index (χ3n) is 4.27. The first-order valence-electron chi connectivity index (χ1n) is 9.47. The van der Waals surface area contributed by atoms with Crippen molar-refractivity contribution in [1.29, 1.82) is 0 Å². The number of aromatic amines is 1. The second kappa shape index (κ2) is 10.8. The predicted molar refractivity (Wildman–Crippen MR) is 113 cm³/mol. The second-order valence-electron chi connectivity index (χ2n) is 6.91. The van der Waals surface area contributed by atoms with Crippen molar-refractivity contribution in [2.45, 2.75) is 57.3 Å². The maximum atomic E-state index is 12.5. The smallest absolute Gasteiger partial charge is 0.308 e. The van der Waals surface area contributed by atoms with Gasteiger partial charge in [-0.05, 0) is 39.0 Å². The van der Waals surface area contributed by atoms with Gasteiger partial charge in [0.2, 0.25) is 5.91 Å². The minimum atomic E-state index is -0.494. The lowest BCUT2D eigenvalue weighted by atomic mass is 10.0. The third kappa shape index (κ3) is 7.05. The molecule has 0 saturated carbocycles. The van der Waals surface area contributed by atoms with Gasteiger partial charge in [0, 0.05) is 17.7 Å². The predicted octanol–water partition coefficient (Wildman–Crippen LogP) is 2.93. The Labute approximate surface area is 174 Å². The van der Waals surface area contributed by atoms with Crippen LogP contribution in [0.1, 0.15) is 49.6 Å². The van der Waals surface area contributed by atoms with Crippen LogP contribution in [0.5, 0.6) is 0 Å². The van der Waals surface area contributed by atoms with Crippen molar-refractivity contribution in [3.8, 4) is 0 Å². The number of carbonyl (C=O) groups is 2. The Kier molecular flexibility index (Phi) is 8.45. The summed E-state index contributed by atoms with van der Waals surface area (Å²) in [6.07, 6.45) is 2.04. The minimum Gasteiger partial charge on any atom is -0.463 e. The van der Waals surface area contributed by atoms with E-state index in [1.165, 1.54) is 11.8 Å². The van der Waals surface area contributed by atoms with Gasteiger partial charge in [-0.25, -0.2) is 4.98 Å². The monoisotopic (exact) mass is 417 g/mol. The molecule has 0 aliphatic rings. The molecule has 0 aliphatic carbocycles. The molecule has 0 fully saturated rings. The molecule has 0 aliphatic heterocycles. The average molecular weight is 418 g/mol. The van der Waals surface area contributed by atoms with Gasteiger partial charge in [-0.3, -0.25) is 14.4 Å². The van der Waals surface area contributed by atoms with Crippen LogP contribution in [0.4, 0.5) is 0 Å². The lowest BCUT2D eigenvalue weighted by Gasteiger charge is -2.19. The normalized spacial score (nSPS) is 11.9. The Morgan fingerprint density at radius 3 is 2.52 bits per heavy atom. The van der Waals surface area contributed by atoms with Crippen LogP contribution in [0, 0.1) is 6.92 Å². The Balaban J connectivity index is 2.06. The number of thioether (sulfide) groups is 1. The summed E-state index contributed by atoms with van der Waals surface area (Å²) in [7, 11) is 0. The molecule has 2 N–H and O–H groups in total. The highest BCUT2D eigenvalue weighted by Crippen LogP contribution is 2.18. The maximum absolute atomic E-state index is 12.5. The molecule has 0 bridgehead atoms. The molecular weight excluding hydrogens is 390 g/mol. The number of hydrogen-bond acceptors (Lipinski definition) is 6. The van der Waals surface area contributed by atoms with Gasteiger partial charge in [0.25, 0.3) is 5.56 Å². The van der Waals surface area contributed by atoms with Crippen molar-refractivity contribution in [1.82, 2.24) is 15.3 Å². The standard InChI is InChI=1S/C21H27N3O4S/c1-13(2)28-19(26)12-17(15-8-6-5-7-9-15)23-18(25)11-10-16-14(3)22-21(29-4)24-20(16)27/h5-9,13,17H,10-12H2,1-4H3,(H,23,25)(H,22,24,27). The molecule has 2 rings (SSSR count). The summed E-state index contributed by atoms with van der Waals surface area (Å²) in [6.45, 7) is 5.32. The van der Waals surface area contributed by atoms with Crippen LogP contribution in [0.15, 0.2) is 40.3 Å². The molecular formula is C21H27N3O4S. The van der Waals surface area contributed by atoms with Crippen LogP contribution >= 0.6 is 11.8 Å². The highest BCUT2D eigenvalue weighted by molar-refractivity contribution is 7.98. The number of carbonyl (C=O) groups excluding carboxylic acids is 2. The van der Waals surface area contributed by atoms with E-state index in [9.17, 15) is 14.4 Å². The second-order valence-corrected chi connectivity index (χ2v) is 7.71. The Morgan fingerprint density at radius 2 is 1.93 bits per heavy atom. The number of nitrogens with zero attached hydrogens (tertiary/aromatic N) is 1. The molecule has 29 heavy (non-hydrogen) atoms. The molecule has 2 aromatic rings. The number of nitrogens with one attached hydrogen (secondary N) is 2. The number of ether oxygens (including phenoxy) is 1. The van der Waals surface area contributed by atoms with Gasteiger partial charge < -0.3 is 15.0 Å². The third-order valence-corrected chi connectivity index (χ3v) is 4.85.